The number of hydrogen-bond acceptors (Lipinski definition) is 8. The van der Waals surface area contributed by atoms with Crippen LogP contribution in [0.2, 0.25) is 0 Å². The smallest absolute Gasteiger partial charge is 0.379 e. The molecule has 3 aromatic heterocycles. The average molecular weight is 616 g/mol. The molecule has 3 aromatic rings. The van der Waals surface area contributed by atoms with Crippen LogP contribution in [0.3, 0.4) is 0 Å². The quantitative estimate of drug-likeness (QED) is 0.319. The number of hydrogen-bond donors (Lipinski definition) is 2. The molecule has 1 saturated heterocycles. The van der Waals surface area contributed by atoms with Crippen LogP contribution in [0.5, 0.6) is 0 Å². The molecular weight excluding hydrogens is 583 g/mol. The van der Waals surface area contributed by atoms with Gasteiger partial charge in [0.1, 0.15) is 16.4 Å². The van der Waals surface area contributed by atoms with Crippen molar-refractivity contribution in [3.63, 3.8) is 0 Å². The van der Waals surface area contributed by atoms with E-state index in [0.29, 0.717) is 50.0 Å². The number of carbonyl (C=O) groups is 1. The molecule has 5 heterocycles. The molecular formula is C29H32F3N7O3S. The number of imidazole rings is 1. The summed E-state index contributed by atoms with van der Waals surface area (Å²) < 4.78 is 55.3. The second-order valence-electron chi connectivity index (χ2n) is 10.3. The topological polar surface area (TPSA) is 98.0 Å². The second kappa shape index (κ2) is 13.7. The maximum absolute atomic E-state index is 13.6. The second-order valence-corrected chi connectivity index (χ2v) is 11.3. The van der Waals surface area contributed by atoms with Crippen molar-refractivity contribution in [2.75, 3.05) is 58.4 Å². The van der Waals surface area contributed by atoms with Crippen molar-refractivity contribution in [3.05, 3.63) is 41.5 Å². The van der Waals surface area contributed by atoms with E-state index in [0.717, 1.165) is 25.9 Å². The molecule has 5 rings (SSSR count). The van der Waals surface area contributed by atoms with Crippen LogP contribution >= 0.6 is 11.8 Å². The van der Waals surface area contributed by atoms with Gasteiger partial charge in [-0.05, 0) is 56.3 Å². The minimum Gasteiger partial charge on any atom is -0.379 e. The highest BCUT2D eigenvalue weighted by atomic mass is 32.2. The number of pyridine rings is 1. The first-order valence-corrected chi connectivity index (χ1v) is 14.7. The van der Waals surface area contributed by atoms with E-state index < -0.39 is 11.4 Å². The number of nitrogens with one attached hydrogen (secondary N) is 2. The van der Waals surface area contributed by atoms with Crippen molar-refractivity contribution in [1.82, 2.24) is 29.4 Å². The largest absolute Gasteiger partial charge is 0.447 e. The van der Waals surface area contributed by atoms with Gasteiger partial charge < -0.3 is 25.0 Å². The molecule has 2 N–H and O–H groups in total. The molecule has 14 heteroatoms. The molecule has 2 atom stereocenters. The van der Waals surface area contributed by atoms with E-state index >= 15 is 0 Å². The fourth-order valence-electron chi connectivity index (χ4n) is 5.27. The van der Waals surface area contributed by atoms with Crippen molar-refractivity contribution in [3.8, 4) is 24.2 Å². The third-order valence-electron chi connectivity index (χ3n) is 7.31. The standard InChI is InChI=1S/C29H32F3N7O3S/c1-3-25-21-18-34-39(25)13-15-42-17-16-41-14-9-20-19-37(2)12-8-22(20)35-23-7-5-11-38-26(23)36-24(6-4-10-33-27(21)40)28(38)43-29(30,31)32/h1,5,7,11,18,20,22,35H,8-10,12-17,19H2,2H3,(H,33,40)/t20-,22-/m0/s1. The molecule has 43 heavy (non-hydrogen) atoms. The maximum Gasteiger partial charge on any atom is 0.447 e. The molecule has 4 bridgehead atoms. The Labute approximate surface area is 251 Å². The summed E-state index contributed by atoms with van der Waals surface area (Å²) in [5, 5.41) is 10.3. The zero-order valence-corrected chi connectivity index (χ0v) is 24.4. The lowest BCUT2D eigenvalue weighted by Gasteiger charge is -2.37. The van der Waals surface area contributed by atoms with Gasteiger partial charge in [-0.1, -0.05) is 5.92 Å². The Morgan fingerprint density at radius 3 is 2.79 bits per heavy atom. The number of ether oxygens (including phenoxy) is 2. The highest BCUT2D eigenvalue weighted by Crippen LogP contribution is 2.39. The van der Waals surface area contributed by atoms with Gasteiger partial charge in [0.15, 0.2) is 5.65 Å². The van der Waals surface area contributed by atoms with E-state index in [4.69, 9.17) is 15.9 Å². The van der Waals surface area contributed by atoms with Crippen LogP contribution in [0.4, 0.5) is 18.9 Å². The van der Waals surface area contributed by atoms with Crippen molar-refractivity contribution in [2.24, 2.45) is 5.92 Å². The van der Waals surface area contributed by atoms with Crippen LogP contribution in [-0.4, -0.2) is 94.6 Å². The summed E-state index contributed by atoms with van der Waals surface area (Å²) in [6.07, 6.45) is 10.2. The number of fused-ring (bicyclic) bond motifs is 4. The third kappa shape index (κ3) is 7.64. The van der Waals surface area contributed by atoms with Crippen LogP contribution in [0.1, 0.15) is 34.6 Å². The molecule has 1 fully saturated rings. The Bertz CT molecular complexity index is 1550. The Balaban J connectivity index is 1.47. The van der Waals surface area contributed by atoms with E-state index in [1.165, 1.54) is 15.3 Å². The minimum atomic E-state index is -4.55. The number of thioether (sulfide) groups is 1. The van der Waals surface area contributed by atoms with Gasteiger partial charge in [-0.2, -0.15) is 18.3 Å². The lowest BCUT2D eigenvalue weighted by molar-refractivity contribution is -0.0330. The fourth-order valence-corrected chi connectivity index (χ4v) is 5.93. The van der Waals surface area contributed by atoms with Crippen LogP contribution in [-0.2, 0) is 16.0 Å². The van der Waals surface area contributed by atoms with Gasteiger partial charge in [0.25, 0.3) is 5.91 Å². The van der Waals surface area contributed by atoms with E-state index in [1.807, 2.05) is 6.07 Å². The molecule has 0 aromatic carbocycles. The summed E-state index contributed by atoms with van der Waals surface area (Å²) in [5.41, 5.74) is -3.13. The maximum atomic E-state index is 13.6. The normalized spacial score (nSPS) is 21.2. The van der Waals surface area contributed by atoms with Crippen molar-refractivity contribution >= 4 is 29.0 Å². The highest BCUT2D eigenvalue weighted by molar-refractivity contribution is 8.00. The van der Waals surface area contributed by atoms with Crippen LogP contribution in [0.15, 0.2) is 29.6 Å². The molecule has 1 amide bonds. The summed E-state index contributed by atoms with van der Waals surface area (Å²) in [4.78, 5) is 19.6. The first-order valence-electron chi connectivity index (χ1n) is 13.9. The predicted octanol–water partition coefficient (Wildman–Crippen LogP) is 3.07. The van der Waals surface area contributed by atoms with Gasteiger partial charge in [0.05, 0.1) is 50.4 Å². The molecule has 0 spiro atoms. The van der Waals surface area contributed by atoms with Gasteiger partial charge in [-0.3, -0.25) is 13.9 Å². The lowest BCUT2D eigenvalue weighted by atomic mass is 9.89. The fraction of sp³-hybridized carbons (Fsp3) is 0.483. The molecule has 0 saturated carbocycles. The summed E-state index contributed by atoms with van der Waals surface area (Å²) in [6.45, 7) is 3.65. The summed E-state index contributed by atoms with van der Waals surface area (Å²) in [6, 6.07) is 3.58. The number of aromatic nitrogens is 4. The van der Waals surface area contributed by atoms with Gasteiger partial charge in [0.2, 0.25) is 0 Å². The van der Waals surface area contributed by atoms with Crippen molar-refractivity contribution in [2.45, 2.75) is 36.0 Å². The lowest BCUT2D eigenvalue weighted by Crippen LogP contribution is -2.45. The third-order valence-corrected chi connectivity index (χ3v) is 8.13. The number of terminal acetylenes is 1. The SMILES string of the molecule is C#Cc1c2cnn1CCOCCOCC[C@H]1CN(C)CC[C@@H]1Nc1cccn3c(SC(F)(F)F)c(nc13)C#CCNC2=O. The van der Waals surface area contributed by atoms with E-state index in [-0.39, 0.29) is 46.5 Å². The molecule has 10 nitrogen and oxygen atoms in total. The summed E-state index contributed by atoms with van der Waals surface area (Å²) in [5.74, 6) is 7.70. The molecule has 2 aliphatic rings. The number of nitrogens with zero attached hydrogens (tertiary/aromatic N) is 5. The predicted molar refractivity (Wildman–Crippen MR) is 156 cm³/mol. The first-order chi connectivity index (χ1) is 20.7. The van der Waals surface area contributed by atoms with Crippen molar-refractivity contribution in [1.29, 1.82) is 0 Å². The van der Waals surface area contributed by atoms with Gasteiger partial charge in [-0.25, -0.2) is 4.98 Å². The van der Waals surface area contributed by atoms with Crippen LogP contribution in [0.25, 0.3) is 5.65 Å². The Hall–Kier alpha value is -3.69. The van der Waals surface area contributed by atoms with Crippen molar-refractivity contribution < 1.29 is 27.4 Å². The summed E-state index contributed by atoms with van der Waals surface area (Å²) in [7, 11) is 2.08. The number of likely N-dealkylation sites (tertiary alicyclic amines) is 1. The van der Waals surface area contributed by atoms with Gasteiger partial charge >= 0.3 is 5.51 Å². The molecule has 0 aliphatic carbocycles. The Morgan fingerprint density at radius 1 is 1.19 bits per heavy atom. The zero-order valence-electron chi connectivity index (χ0n) is 23.6. The molecule has 2 aliphatic heterocycles. The van der Waals surface area contributed by atoms with Gasteiger partial charge in [0, 0.05) is 37.2 Å². The van der Waals surface area contributed by atoms with Crippen LogP contribution in [0, 0.1) is 30.1 Å². The van der Waals surface area contributed by atoms with E-state index in [1.54, 1.807) is 12.3 Å². The zero-order chi connectivity index (χ0) is 30.4. The number of carbonyl (C=O) groups excluding carboxylic acids is 1. The van der Waals surface area contributed by atoms with E-state index in [9.17, 15) is 18.0 Å². The molecule has 0 radical (unpaired) electrons. The Kier molecular flexibility index (Phi) is 9.82. The number of alkyl halides is 3. The monoisotopic (exact) mass is 615 g/mol. The van der Waals surface area contributed by atoms with Gasteiger partial charge in [-0.15, -0.1) is 6.42 Å². The molecule has 228 valence electrons. The van der Waals surface area contributed by atoms with Crippen LogP contribution < -0.4 is 10.6 Å². The number of rotatable bonds is 1. The first kappa shape index (κ1) is 30.8. The average Bonchev–Trinajstić information content (AvgIpc) is 3.54. The Morgan fingerprint density at radius 2 is 2.00 bits per heavy atom. The van der Waals surface area contributed by atoms with E-state index in [2.05, 4.69) is 50.4 Å². The number of piperidine rings is 1. The number of halogens is 3. The summed E-state index contributed by atoms with van der Waals surface area (Å²) >= 11 is -0.272. The number of amides is 1. The number of anilines is 1. The molecule has 0 unspecified atom stereocenters. The minimum absolute atomic E-state index is 0.0327. The highest BCUT2D eigenvalue weighted by Gasteiger charge is 2.34.